The fourth-order valence-corrected chi connectivity index (χ4v) is 3.00. The van der Waals surface area contributed by atoms with Crippen molar-refractivity contribution >= 4 is 33.5 Å². The molecular formula is C17H12F3NO4S. The molecule has 0 fully saturated rings. The van der Waals surface area contributed by atoms with E-state index in [1.165, 1.54) is 42.3 Å². The second-order valence-electron chi connectivity index (χ2n) is 5.46. The molecule has 0 saturated heterocycles. The third-order valence-electron chi connectivity index (χ3n) is 3.80. The van der Waals surface area contributed by atoms with Crippen molar-refractivity contribution < 1.29 is 30.6 Å². The standard InChI is InChI=1S/C17H12F3NO4S/c1-21-14-9-5-4-8-13(14)15(25-26(23,24)17(18,19)20)10-11-6-2-3-7-12(11)16(21)22/h2-10H,1H3/b15-10+. The van der Waals surface area contributed by atoms with Crippen molar-refractivity contribution in [2.45, 2.75) is 5.51 Å². The van der Waals surface area contributed by atoms with Gasteiger partial charge in [0, 0.05) is 18.2 Å². The van der Waals surface area contributed by atoms with Crippen LogP contribution >= 0.6 is 0 Å². The SMILES string of the molecule is CN1C(=O)c2ccccc2/C=C(/OS(=O)(=O)C(F)(F)F)c2ccccc21. The molecule has 5 nitrogen and oxygen atoms in total. The molecule has 0 bridgehead atoms. The summed E-state index contributed by atoms with van der Waals surface area (Å²) in [4.78, 5) is 13.9. The molecule has 0 radical (unpaired) electrons. The Hall–Kier alpha value is -2.81. The zero-order chi connectivity index (χ0) is 19.1. The summed E-state index contributed by atoms with van der Waals surface area (Å²) in [6.45, 7) is 0. The van der Waals surface area contributed by atoms with Crippen molar-refractivity contribution in [3.63, 3.8) is 0 Å². The Morgan fingerprint density at radius 2 is 1.54 bits per heavy atom. The van der Waals surface area contributed by atoms with Crippen LogP contribution in [0.2, 0.25) is 0 Å². The molecule has 2 aromatic carbocycles. The number of nitrogens with zero attached hydrogens (tertiary/aromatic N) is 1. The van der Waals surface area contributed by atoms with Crippen LogP contribution in [0.15, 0.2) is 48.5 Å². The van der Waals surface area contributed by atoms with Gasteiger partial charge in [0.15, 0.2) is 5.76 Å². The second-order valence-corrected chi connectivity index (χ2v) is 7.00. The first-order valence-electron chi connectivity index (χ1n) is 7.31. The van der Waals surface area contributed by atoms with E-state index < -0.39 is 21.4 Å². The summed E-state index contributed by atoms with van der Waals surface area (Å²) in [6.07, 6.45) is 1.11. The minimum atomic E-state index is -5.87. The van der Waals surface area contributed by atoms with Gasteiger partial charge in [-0.2, -0.15) is 21.6 Å². The Labute approximate surface area is 147 Å². The molecule has 1 aliphatic heterocycles. The fourth-order valence-electron chi connectivity index (χ4n) is 2.54. The molecule has 9 heteroatoms. The van der Waals surface area contributed by atoms with Crippen LogP contribution in [0.4, 0.5) is 18.9 Å². The average Bonchev–Trinajstić information content (AvgIpc) is 2.58. The molecule has 1 amide bonds. The van der Waals surface area contributed by atoms with Crippen LogP contribution < -0.4 is 4.90 Å². The summed E-state index contributed by atoms with van der Waals surface area (Å²) in [6, 6.07) is 12.1. The molecule has 0 spiro atoms. The zero-order valence-corrected chi connectivity index (χ0v) is 14.1. The lowest BCUT2D eigenvalue weighted by Crippen LogP contribution is -2.30. The predicted molar refractivity (Wildman–Crippen MR) is 89.5 cm³/mol. The molecule has 0 aromatic heterocycles. The van der Waals surface area contributed by atoms with Crippen LogP contribution in [0.5, 0.6) is 0 Å². The third kappa shape index (κ3) is 3.05. The highest BCUT2D eigenvalue weighted by Gasteiger charge is 2.49. The van der Waals surface area contributed by atoms with E-state index in [1.807, 2.05) is 0 Å². The van der Waals surface area contributed by atoms with Gasteiger partial charge < -0.3 is 9.08 Å². The maximum Gasteiger partial charge on any atom is 0.534 e. The molecular weight excluding hydrogens is 371 g/mol. The minimum Gasteiger partial charge on any atom is -0.375 e. The molecule has 1 aliphatic rings. The molecule has 3 rings (SSSR count). The van der Waals surface area contributed by atoms with Crippen molar-refractivity contribution in [2.75, 3.05) is 11.9 Å². The third-order valence-corrected chi connectivity index (χ3v) is 4.76. The quantitative estimate of drug-likeness (QED) is 0.587. The topological polar surface area (TPSA) is 63.7 Å². The molecule has 0 aliphatic carbocycles. The van der Waals surface area contributed by atoms with Crippen LogP contribution in [0.25, 0.3) is 11.8 Å². The van der Waals surface area contributed by atoms with Gasteiger partial charge in [0.05, 0.1) is 5.69 Å². The Morgan fingerprint density at radius 1 is 0.962 bits per heavy atom. The van der Waals surface area contributed by atoms with E-state index >= 15 is 0 Å². The maximum absolute atomic E-state index is 12.8. The molecule has 0 unspecified atom stereocenters. The number of alkyl halides is 3. The van der Waals surface area contributed by atoms with Crippen LogP contribution in [-0.4, -0.2) is 26.9 Å². The number of halogens is 3. The van der Waals surface area contributed by atoms with E-state index in [4.69, 9.17) is 0 Å². The summed E-state index contributed by atoms with van der Waals surface area (Å²) < 4.78 is 65.8. The van der Waals surface area contributed by atoms with E-state index in [0.29, 0.717) is 0 Å². The summed E-state index contributed by atoms with van der Waals surface area (Å²) in [5.41, 5.74) is -4.87. The first-order valence-corrected chi connectivity index (χ1v) is 8.71. The lowest BCUT2D eigenvalue weighted by molar-refractivity contribution is -0.0509. The second kappa shape index (κ2) is 6.17. The molecule has 0 saturated carbocycles. The smallest absolute Gasteiger partial charge is 0.375 e. The number of carbonyl (C=O) groups is 1. The van der Waals surface area contributed by atoms with Crippen LogP contribution in [0.1, 0.15) is 21.5 Å². The van der Waals surface area contributed by atoms with E-state index in [9.17, 15) is 26.4 Å². The molecule has 136 valence electrons. The van der Waals surface area contributed by atoms with Crippen LogP contribution in [0, 0.1) is 0 Å². The Balaban J connectivity index is 2.27. The number of hydrogen-bond acceptors (Lipinski definition) is 4. The highest BCUT2D eigenvalue weighted by Crippen LogP contribution is 2.36. The highest BCUT2D eigenvalue weighted by atomic mass is 32.2. The first kappa shape index (κ1) is 18.0. The van der Waals surface area contributed by atoms with E-state index in [0.717, 1.165) is 6.08 Å². The van der Waals surface area contributed by atoms with E-state index in [1.54, 1.807) is 18.2 Å². The summed E-state index contributed by atoms with van der Waals surface area (Å²) >= 11 is 0. The molecule has 0 atom stereocenters. The number of anilines is 1. The van der Waals surface area contributed by atoms with Gasteiger partial charge in [0.1, 0.15) is 0 Å². The fraction of sp³-hybridized carbons (Fsp3) is 0.118. The molecule has 2 aromatic rings. The lowest BCUT2D eigenvalue weighted by Gasteiger charge is -2.25. The van der Waals surface area contributed by atoms with E-state index in [2.05, 4.69) is 4.18 Å². The van der Waals surface area contributed by atoms with E-state index in [-0.39, 0.29) is 28.3 Å². The van der Waals surface area contributed by atoms with Crippen molar-refractivity contribution in [2.24, 2.45) is 0 Å². The number of rotatable bonds is 2. The first-order chi connectivity index (χ1) is 12.1. The largest absolute Gasteiger partial charge is 0.534 e. The van der Waals surface area contributed by atoms with Gasteiger partial charge in [-0.1, -0.05) is 30.3 Å². The summed E-state index contributed by atoms with van der Waals surface area (Å²) in [5.74, 6) is -0.910. The zero-order valence-electron chi connectivity index (χ0n) is 13.3. The van der Waals surface area contributed by atoms with Gasteiger partial charge in [-0.3, -0.25) is 4.79 Å². The Kier molecular flexibility index (Phi) is 4.27. The number of hydrogen-bond donors (Lipinski definition) is 0. The number of benzene rings is 2. The van der Waals surface area contributed by atoms with Gasteiger partial charge in [-0.05, 0) is 29.8 Å². The van der Waals surface area contributed by atoms with Gasteiger partial charge in [-0.25, -0.2) is 0 Å². The molecule has 26 heavy (non-hydrogen) atoms. The maximum atomic E-state index is 12.8. The molecule has 1 heterocycles. The number of fused-ring (bicyclic) bond motifs is 2. The summed E-state index contributed by atoms with van der Waals surface area (Å²) in [7, 11) is -4.43. The number of amides is 1. The minimum absolute atomic E-state index is 0.0469. The van der Waals surface area contributed by atoms with Crippen molar-refractivity contribution in [3.05, 3.63) is 65.2 Å². The number of para-hydroxylation sites is 1. The lowest BCUT2D eigenvalue weighted by atomic mass is 10.00. The van der Waals surface area contributed by atoms with Gasteiger partial charge in [0.25, 0.3) is 5.91 Å². The van der Waals surface area contributed by atoms with Gasteiger partial charge in [0.2, 0.25) is 0 Å². The van der Waals surface area contributed by atoms with Gasteiger partial charge in [-0.15, -0.1) is 0 Å². The van der Waals surface area contributed by atoms with Crippen LogP contribution in [-0.2, 0) is 14.3 Å². The Morgan fingerprint density at radius 3 is 2.19 bits per heavy atom. The van der Waals surface area contributed by atoms with Gasteiger partial charge >= 0.3 is 15.6 Å². The Bertz CT molecular complexity index is 1010. The highest BCUT2D eigenvalue weighted by molar-refractivity contribution is 7.87. The van der Waals surface area contributed by atoms with Crippen LogP contribution in [0.3, 0.4) is 0 Å². The normalized spacial score (nSPS) is 16.7. The number of carbonyl (C=O) groups excluding carboxylic acids is 1. The monoisotopic (exact) mass is 383 g/mol. The molecule has 0 N–H and O–H groups in total. The average molecular weight is 383 g/mol. The summed E-state index contributed by atoms with van der Waals surface area (Å²) in [5, 5.41) is 0. The van der Waals surface area contributed by atoms with Crippen molar-refractivity contribution in [1.29, 1.82) is 0 Å². The predicted octanol–water partition coefficient (Wildman–Crippen LogP) is 3.64. The van der Waals surface area contributed by atoms with Crippen molar-refractivity contribution in [3.8, 4) is 0 Å². The van der Waals surface area contributed by atoms with Crippen molar-refractivity contribution in [1.82, 2.24) is 0 Å².